The summed E-state index contributed by atoms with van der Waals surface area (Å²) in [5.41, 5.74) is 0. The maximum Gasteiger partial charge on any atom is 0.129 e. The Labute approximate surface area is 78.7 Å². The van der Waals surface area contributed by atoms with Gasteiger partial charge in [-0.15, -0.1) is 0 Å². The third kappa shape index (κ3) is 1.98. The van der Waals surface area contributed by atoms with Gasteiger partial charge in [0.05, 0.1) is 18.1 Å². The lowest BCUT2D eigenvalue weighted by Crippen LogP contribution is -2.40. The van der Waals surface area contributed by atoms with Crippen LogP contribution in [-0.2, 0) is 14.3 Å². The molecular weight excluding hydrogens is 168 g/mol. The molecule has 3 nitrogen and oxygen atoms in total. The van der Waals surface area contributed by atoms with Gasteiger partial charge in [0, 0.05) is 20.1 Å². The van der Waals surface area contributed by atoms with Crippen molar-refractivity contribution in [3.63, 3.8) is 0 Å². The lowest BCUT2D eigenvalue weighted by atomic mass is 9.83. The molecule has 3 heteroatoms. The average molecular weight is 184 g/mol. The van der Waals surface area contributed by atoms with Gasteiger partial charge < -0.3 is 14.3 Å². The van der Waals surface area contributed by atoms with Crippen molar-refractivity contribution in [3.8, 4) is 0 Å². The van der Waals surface area contributed by atoms with Crippen molar-refractivity contribution in [1.29, 1.82) is 0 Å². The quantitative estimate of drug-likeness (QED) is 0.485. The Kier molecular flexibility index (Phi) is 3.63. The van der Waals surface area contributed by atoms with E-state index in [1.807, 2.05) is 19.1 Å². The highest BCUT2D eigenvalue weighted by Crippen LogP contribution is 2.26. The van der Waals surface area contributed by atoms with Crippen molar-refractivity contribution in [1.82, 2.24) is 0 Å². The first kappa shape index (κ1) is 10.4. The predicted molar refractivity (Wildman–Crippen MR) is 49.5 cm³/mol. The zero-order valence-corrected chi connectivity index (χ0v) is 8.27. The topological polar surface area (TPSA) is 35.5 Å². The van der Waals surface area contributed by atoms with Crippen LogP contribution < -0.4 is 0 Å². The molecule has 0 fully saturated rings. The lowest BCUT2D eigenvalue weighted by Gasteiger charge is -2.33. The Hall–Kier alpha value is -0.670. The van der Waals surface area contributed by atoms with Crippen molar-refractivity contribution >= 4 is 6.29 Å². The van der Waals surface area contributed by atoms with Crippen LogP contribution in [0.15, 0.2) is 12.2 Å². The molecule has 0 saturated carbocycles. The molecular formula is C10H16O3. The highest BCUT2D eigenvalue weighted by molar-refractivity contribution is 5.58. The number of rotatable bonds is 3. The van der Waals surface area contributed by atoms with Gasteiger partial charge in [0.15, 0.2) is 0 Å². The van der Waals surface area contributed by atoms with Gasteiger partial charge in [-0.3, -0.25) is 0 Å². The van der Waals surface area contributed by atoms with Crippen LogP contribution in [0, 0.1) is 11.8 Å². The molecule has 0 aromatic carbocycles. The normalized spacial score (nSPS) is 39.0. The van der Waals surface area contributed by atoms with Gasteiger partial charge in [-0.25, -0.2) is 0 Å². The van der Waals surface area contributed by atoms with Gasteiger partial charge >= 0.3 is 0 Å². The Morgan fingerprint density at radius 1 is 1.23 bits per heavy atom. The molecule has 0 aromatic rings. The number of carbonyl (C=O) groups excluding carboxylic acids is 1. The average Bonchev–Trinajstić information content (AvgIpc) is 2.17. The summed E-state index contributed by atoms with van der Waals surface area (Å²) in [6, 6.07) is 0. The maximum atomic E-state index is 10.7. The second kappa shape index (κ2) is 4.53. The monoisotopic (exact) mass is 184 g/mol. The Balaban J connectivity index is 2.79. The molecule has 13 heavy (non-hydrogen) atoms. The first-order valence-electron chi connectivity index (χ1n) is 4.43. The van der Waals surface area contributed by atoms with Crippen molar-refractivity contribution in [2.24, 2.45) is 11.8 Å². The molecule has 0 heterocycles. The standard InChI is InChI=1S/C10H16O3/c1-7-9(12-2)5-4-8(6-11)10(7)13-3/h4-10H,1-3H3. The van der Waals surface area contributed by atoms with E-state index in [1.165, 1.54) is 0 Å². The van der Waals surface area contributed by atoms with Crippen molar-refractivity contribution < 1.29 is 14.3 Å². The minimum Gasteiger partial charge on any atom is -0.380 e. The van der Waals surface area contributed by atoms with E-state index in [0.717, 1.165) is 6.29 Å². The molecule has 0 spiro atoms. The summed E-state index contributed by atoms with van der Waals surface area (Å²) in [5, 5.41) is 0. The molecule has 4 atom stereocenters. The van der Waals surface area contributed by atoms with E-state index in [4.69, 9.17) is 9.47 Å². The highest BCUT2D eigenvalue weighted by atomic mass is 16.5. The Morgan fingerprint density at radius 2 is 1.92 bits per heavy atom. The van der Waals surface area contributed by atoms with Crippen LogP contribution in [-0.4, -0.2) is 32.7 Å². The second-order valence-electron chi connectivity index (χ2n) is 3.36. The zero-order valence-electron chi connectivity index (χ0n) is 8.27. The number of hydrogen-bond acceptors (Lipinski definition) is 3. The van der Waals surface area contributed by atoms with Gasteiger partial charge in [0.1, 0.15) is 6.29 Å². The van der Waals surface area contributed by atoms with Crippen molar-refractivity contribution in [3.05, 3.63) is 12.2 Å². The third-order valence-corrected chi connectivity index (χ3v) is 2.64. The molecule has 4 unspecified atom stereocenters. The zero-order chi connectivity index (χ0) is 9.84. The summed E-state index contributed by atoms with van der Waals surface area (Å²) in [6.45, 7) is 2.03. The number of aldehydes is 1. The van der Waals surface area contributed by atoms with Crippen molar-refractivity contribution in [2.75, 3.05) is 14.2 Å². The van der Waals surface area contributed by atoms with E-state index in [9.17, 15) is 4.79 Å². The van der Waals surface area contributed by atoms with E-state index in [0.29, 0.717) is 0 Å². The van der Waals surface area contributed by atoms with Crippen LogP contribution in [0.1, 0.15) is 6.92 Å². The fraction of sp³-hybridized carbons (Fsp3) is 0.700. The summed E-state index contributed by atoms with van der Waals surface area (Å²) in [4.78, 5) is 10.7. The van der Waals surface area contributed by atoms with E-state index >= 15 is 0 Å². The summed E-state index contributed by atoms with van der Waals surface area (Å²) in [5.74, 6) is 0.0848. The maximum absolute atomic E-state index is 10.7. The highest BCUT2D eigenvalue weighted by Gasteiger charge is 2.33. The largest absolute Gasteiger partial charge is 0.380 e. The van der Waals surface area contributed by atoms with Gasteiger partial charge in [-0.05, 0) is 0 Å². The molecule has 1 aliphatic rings. The molecule has 1 aliphatic carbocycles. The predicted octanol–water partition coefficient (Wildman–Crippen LogP) is 1.04. The van der Waals surface area contributed by atoms with Crippen LogP contribution in [0.25, 0.3) is 0 Å². The lowest BCUT2D eigenvalue weighted by molar-refractivity contribution is -0.116. The van der Waals surface area contributed by atoms with Crippen LogP contribution in [0.2, 0.25) is 0 Å². The first-order chi connectivity index (χ1) is 6.24. The first-order valence-corrected chi connectivity index (χ1v) is 4.43. The van der Waals surface area contributed by atoms with Crippen LogP contribution >= 0.6 is 0 Å². The van der Waals surface area contributed by atoms with Gasteiger partial charge in [-0.2, -0.15) is 0 Å². The molecule has 0 saturated heterocycles. The van der Waals surface area contributed by atoms with Crippen LogP contribution in [0.4, 0.5) is 0 Å². The molecule has 1 rings (SSSR count). The van der Waals surface area contributed by atoms with Gasteiger partial charge in [0.25, 0.3) is 0 Å². The SMILES string of the molecule is COC1C=CC(C=O)C(OC)C1C. The van der Waals surface area contributed by atoms with E-state index in [1.54, 1.807) is 14.2 Å². The molecule has 0 N–H and O–H groups in total. The minimum atomic E-state index is -0.133. The smallest absolute Gasteiger partial charge is 0.129 e. The molecule has 0 amide bonds. The van der Waals surface area contributed by atoms with Crippen molar-refractivity contribution in [2.45, 2.75) is 19.1 Å². The molecule has 0 bridgehead atoms. The summed E-state index contributed by atoms with van der Waals surface area (Å²) >= 11 is 0. The second-order valence-corrected chi connectivity index (χ2v) is 3.36. The third-order valence-electron chi connectivity index (χ3n) is 2.64. The summed E-state index contributed by atoms with van der Waals surface area (Å²) in [7, 11) is 3.29. The van der Waals surface area contributed by atoms with Crippen LogP contribution in [0.3, 0.4) is 0 Å². The van der Waals surface area contributed by atoms with Gasteiger partial charge in [-0.1, -0.05) is 19.1 Å². The Bertz CT molecular complexity index is 200. The van der Waals surface area contributed by atoms with E-state index in [-0.39, 0.29) is 24.0 Å². The summed E-state index contributed by atoms with van der Waals surface area (Å²) in [6.07, 6.45) is 4.70. The molecule has 0 aromatic heterocycles. The fourth-order valence-electron chi connectivity index (χ4n) is 1.85. The Morgan fingerprint density at radius 3 is 2.38 bits per heavy atom. The van der Waals surface area contributed by atoms with Gasteiger partial charge in [0.2, 0.25) is 0 Å². The van der Waals surface area contributed by atoms with E-state index in [2.05, 4.69) is 0 Å². The molecule has 0 radical (unpaired) electrons. The molecule has 74 valence electrons. The molecule has 0 aliphatic heterocycles. The minimum absolute atomic E-state index is 0.0566. The fourth-order valence-corrected chi connectivity index (χ4v) is 1.85. The number of hydrogen-bond donors (Lipinski definition) is 0. The summed E-state index contributed by atoms with van der Waals surface area (Å²) < 4.78 is 10.5. The number of methoxy groups -OCH3 is 2. The number of carbonyl (C=O) groups is 1. The van der Waals surface area contributed by atoms with E-state index < -0.39 is 0 Å². The number of ether oxygens (including phenoxy) is 2. The van der Waals surface area contributed by atoms with Crippen LogP contribution in [0.5, 0.6) is 0 Å².